The molecule has 0 spiro atoms. The van der Waals surface area contributed by atoms with Gasteiger partial charge in [-0.15, -0.1) is 11.3 Å². The lowest BCUT2D eigenvalue weighted by Crippen LogP contribution is -2.13. The number of hydrogen-bond donors (Lipinski definition) is 1. The molecular formula is C21H18FN3O2S. The zero-order chi connectivity index (χ0) is 19.5. The molecule has 0 saturated heterocycles. The van der Waals surface area contributed by atoms with Crippen LogP contribution in [-0.4, -0.2) is 29.2 Å². The number of rotatable bonds is 6. The van der Waals surface area contributed by atoms with E-state index in [1.807, 2.05) is 24.3 Å². The van der Waals surface area contributed by atoms with Gasteiger partial charge in [-0.05, 0) is 24.3 Å². The third-order valence-electron chi connectivity index (χ3n) is 4.41. The Kier molecular flexibility index (Phi) is 5.18. The van der Waals surface area contributed by atoms with Crippen molar-refractivity contribution in [3.8, 4) is 10.7 Å². The Balaban J connectivity index is 1.65. The van der Waals surface area contributed by atoms with E-state index in [9.17, 15) is 9.18 Å². The molecule has 0 aliphatic carbocycles. The number of hydrogen-bond acceptors (Lipinski definition) is 4. The second kappa shape index (κ2) is 7.92. The van der Waals surface area contributed by atoms with Crippen molar-refractivity contribution in [2.24, 2.45) is 0 Å². The molecule has 2 aromatic heterocycles. The van der Waals surface area contributed by atoms with Crippen LogP contribution in [0.1, 0.15) is 10.5 Å². The van der Waals surface area contributed by atoms with E-state index < -0.39 is 11.7 Å². The molecule has 0 atom stereocenters. The van der Waals surface area contributed by atoms with Crippen molar-refractivity contribution >= 4 is 33.8 Å². The second-order valence-electron chi connectivity index (χ2n) is 6.20. The van der Waals surface area contributed by atoms with E-state index in [1.54, 1.807) is 24.6 Å². The van der Waals surface area contributed by atoms with Crippen molar-refractivity contribution in [3.63, 3.8) is 0 Å². The summed E-state index contributed by atoms with van der Waals surface area (Å²) in [6.07, 6.45) is 0. The van der Waals surface area contributed by atoms with Gasteiger partial charge in [0.15, 0.2) is 0 Å². The first-order chi connectivity index (χ1) is 13.7. The Hall–Kier alpha value is -3.03. The van der Waals surface area contributed by atoms with Gasteiger partial charge in [-0.25, -0.2) is 9.37 Å². The van der Waals surface area contributed by atoms with Gasteiger partial charge in [-0.3, -0.25) is 4.79 Å². The summed E-state index contributed by atoms with van der Waals surface area (Å²) in [5.41, 5.74) is 2.40. The van der Waals surface area contributed by atoms with Crippen LogP contribution < -0.4 is 5.32 Å². The fourth-order valence-corrected chi connectivity index (χ4v) is 3.88. The molecule has 2 aromatic carbocycles. The summed E-state index contributed by atoms with van der Waals surface area (Å²) >= 11 is 1.38. The number of aromatic nitrogens is 2. The average molecular weight is 395 g/mol. The Bertz CT molecular complexity index is 1140. The van der Waals surface area contributed by atoms with E-state index in [0.29, 0.717) is 13.2 Å². The summed E-state index contributed by atoms with van der Waals surface area (Å²) in [4.78, 5) is 17.0. The summed E-state index contributed by atoms with van der Waals surface area (Å²) in [5.74, 6) is -0.918. The number of amides is 1. The molecule has 1 amide bonds. The zero-order valence-electron chi connectivity index (χ0n) is 15.2. The lowest BCUT2D eigenvalue weighted by Gasteiger charge is -2.08. The molecule has 4 aromatic rings. The van der Waals surface area contributed by atoms with Crippen LogP contribution in [0.25, 0.3) is 21.6 Å². The third kappa shape index (κ3) is 3.54. The largest absolute Gasteiger partial charge is 0.383 e. The predicted octanol–water partition coefficient (Wildman–Crippen LogP) is 4.80. The van der Waals surface area contributed by atoms with Gasteiger partial charge in [-0.2, -0.15) is 0 Å². The van der Waals surface area contributed by atoms with Gasteiger partial charge in [0.1, 0.15) is 16.5 Å². The maximum Gasteiger partial charge on any atom is 0.275 e. The summed E-state index contributed by atoms with van der Waals surface area (Å²) in [7, 11) is 1.67. The highest BCUT2D eigenvalue weighted by Crippen LogP contribution is 2.30. The lowest BCUT2D eigenvalue weighted by molar-refractivity contribution is 0.102. The first-order valence-electron chi connectivity index (χ1n) is 8.76. The van der Waals surface area contributed by atoms with E-state index in [1.165, 1.54) is 23.5 Å². The standard InChI is InChI=1S/C21H18FN3O2S/c1-27-11-10-25-18-9-5-2-6-14(18)12-19(25)21-24-17(13-28-21)20(26)23-16-8-4-3-7-15(16)22/h2-9,12-13H,10-11H2,1H3,(H,23,26). The van der Waals surface area contributed by atoms with Crippen LogP contribution in [0.5, 0.6) is 0 Å². The van der Waals surface area contributed by atoms with Crippen molar-refractivity contribution in [2.45, 2.75) is 6.54 Å². The van der Waals surface area contributed by atoms with E-state index in [-0.39, 0.29) is 11.4 Å². The van der Waals surface area contributed by atoms with Crippen molar-refractivity contribution < 1.29 is 13.9 Å². The maximum atomic E-state index is 13.8. The number of thiazole rings is 1. The molecule has 1 N–H and O–H groups in total. The van der Waals surface area contributed by atoms with Gasteiger partial charge in [-0.1, -0.05) is 30.3 Å². The molecule has 0 radical (unpaired) electrons. The fraction of sp³-hybridized carbons (Fsp3) is 0.143. The average Bonchev–Trinajstić information content (AvgIpc) is 3.33. The number of para-hydroxylation sites is 2. The van der Waals surface area contributed by atoms with Gasteiger partial charge in [0.25, 0.3) is 5.91 Å². The number of benzene rings is 2. The normalized spacial score (nSPS) is 11.1. The van der Waals surface area contributed by atoms with E-state index in [4.69, 9.17) is 4.74 Å². The molecule has 0 saturated carbocycles. The lowest BCUT2D eigenvalue weighted by atomic mass is 10.2. The van der Waals surface area contributed by atoms with Crippen molar-refractivity contribution in [3.05, 3.63) is 71.5 Å². The number of nitrogens with one attached hydrogen (secondary N) is 1. The van der Waals surface area contributed by atoms with Crippen molar-refractivity contribution in [2.75, 3.05) is 19.0 Å². The molecule has 5 nitrogen and oxygen atoms in total. The highest BCUT2D eigenvalue weighted by atomic mass is 32.1. The minimum atomic E-state index is -0.481. The Morgan fingerprint density at radius 1 is 1.21 bits per heavy atom. The number of halogens is 1. The first-order valence-corrected chi connectivity index (χ1v) is 9.64. The molecule has 0 unspecified atom stereocenters. The smallest absolute Gasteiger partial charge is 0.275 e. The Morgan fingerprint density at radius 2 is 2.00 bits per heavy atom. The number of carbonyl (C=O) groups excluding carboxylic acids is 1. The fourth-order valence-electron chi connectivity index (χ4n) is 3.06. The van der Waals surface area contributed by atoms with Gasteiger partial charge in [0.05, 0.1) is 18.0 Å². The van der Waals surface area contributed by atoms with Gasteiger partial charge >= 0.3 is 0 Å². The summed E-state index contributed by atoms with van der Waals surface area (Å²) in [6.45, 7) is 1.24. The molecule has 0 aliphatic heterocycles. The van der Waals surface area contributed by atoms with Crippen LogP contribution in [0.3, 0.4) is 0 Å². The molecule has 28 heavy (non-hydrogen) atoms. The molecule has 2 heterocycles. The SMILES string of the molecule is COCCn1c(-c2nc(C(=O)Nc3ccccc3F)cs2)cc2ccccc21. The van der Waals surface area contributed by atoms with E-state index >= 15 is 0 Å². The third-order valence-corrected chi connectivity index (χ3v) is 5.27. The van der Waals surface area contributed by atoms with Gasteiger partial charge in [0, 0.05) is 29.9 Å². The van der Waals surface area contributed by atoms with E-state index in [2.05, 4.69) is 20.9 Å². The highest BCUT2D eigenvalue weighted by molar-refractivity contribution is 7.13. The van der Waals surface area contributed by atoms with Crippen LogP contribution in [-0.2, 0) is 11.3 Å². The number of nitrogens with zero attached hydrogens (tertiary/aromatic N) is 2. The van der Waals surface area contributed by atoms with Crippen LogP contribution in [0.15, 0.2) is 60.0 Å². The Morgan fingerprint density at radius 3 is 2.82 bits per heavy atom. The van der Waals surface area contributed by atoms with E-state index in [0.717, 1.165) is 21.6 Å². The van der Waals surface area contributed by atoms with Crippen LogP contribution >= 0.6 is 11.3 Å². The molecule has 0 aliphatic rings. The molecular weight excluding hydrogens is 377 g/mol. The van der Waals surface area contributed by atoms with Crippen LogP contribution in [0.4, 0.5) is 10.1 Å². The molecule has 7 heteroatoms. The summed E-state index contributed by atoms with van der Waals surface area (Å²) < 4.78 is 21.2. The first kappa shape index (κ1) is 18.3. The highest BCUT2D eigenvalue weighted by Gasteiger charge is 2.17. The number of carbonyl (C=O) groups is 1. The van der Waals surface area contributed by atoms with Crippen LogP contribution in [0.2, 0.25) is 0 Å². The quantitative estimate of drug-likeness (QED) is 0.510. The molecule has 142 valence electrons. The minimum absolute atomic E-state index is 0.135. The van der Waals surface area contributed by atoms with Gasteiger partial charge in [0.2, 0.25) is 0 Å². The monoisotopic (exact) mass is 395 g/mol. The zero-order valence-corrected chi connectivity index (χ0v) is 16.0. The topological polar surface area (TPSA) is 56.2 Å². The molecule has 0 fully saturated rings. The predicted molar refractivity (Wildman–Crippen MR) is 109 cm³/mol. The number of anilines is 1. The number of methoxy groups -OCH3 is 1. The second-order valence-corrected chi connectivity index (χ2v) is 7.06. The Labute approximate surface area is 165 Å². The summed E-state index contributed by atoms with van der Waals surface area (Å²) in [5, 5.41) is 6.08. The van der Waals surface area contributed by atoms with Gasteiger partial charge < -0.3 is 14.6 Å². The number of ether oxygens (including phenoxy) is 1. The summed E-state index contributed by atoms with van der Waals surface area (Å²) in [6, 6.07) is 16.2. The van der Waals surface area contributed by atoms with Crippen molar-refractivity contribution in [1.82, 2.24) is 9.55 Å². The maximum absolute atomic E-state index is 13.8. The number of fused-ring (bicyclic) bond motifs is 1. The molecule has 4 rings (SSSR count). The molecule has 0 bridgehead atoms. The van der Waals surface area contributed by atoms with Crippen molar-refractivity contribution in [1.29, 1.82) is 0 Å². The minimum Gasteiger partial charge on any atom is -0.383 e. The van der Waals surface area contributed by atoms with Crippen LogP contribution in [0, 0.1) is 5.82 Å².